The van der Waals surface area contributed by atoms with Gasteiger partial charge < -0.3 is 4.52 Å². The first-order valence-corrected chi connectivity index (χ1v) is 9.15. The number of benzene rings is 1. The van der Waals surface area contributed by atoms with Gasteiger partial charge in [0.1, 0.15) is 0 Å². The number of hydrogen-bond acceptors (Lipinski definition) is 6. The first kappa shape index (κ1) is 16.7. The zero-order valence-corrected chi connectivity index (χ0v) is 14.7. The van der Waals surface area contributed by atoms with Crippen LogP contribution in [-0.2, 0) is 18.7 Å². The lowest BCUT2D eigenvalue weighted by Gasteiger charge is -2.10. The van der Waals surface area contributed by atoms with E-state index in [0.29, 0.717) is 34.2 Å². The molecule has 0 aliphatic heterocycles. The maximum atomic E-state index is 12.6. The molecule has 3 rings (SSSR count). The highest BCUT2D eigenvalue weighted by molar-refractivity contribution is 7.98. The van der Waals surface area contributed by atoms with Crippen molar-refractivity contribution in [2.24, 2.45) is 0 Å². The molecule has 0 atom stereocenters. The van der Waals surface area contributed by atoms with Crippen LogP contribution in [0.5, 0.6) is 0 Å². The Morgan fingerprint density at radius 1 is 1.21 bits per heavy atom. The summed E-state index contributed by atoms with van der Waals surface area (Å²) >= 11 is 1.45. The number of aromatic nitrogens is 4. The molecular weight excluding hydrogens is 324 g/mol. The van der Waals surface area contributed by atoms with Gasteiger partial charge in [-0.1, -0.05) is 42.4 Å². The van der Waals surface area contributed by atoms with Gasteiger partial charge in [-0.05, 0) is 25.5 Å². The molecule has 2 heterocycles. The normalized spacial score (nSPS) is 11.2. The molecule has 0 saturated carbocycles. The van der Waals surface area contributed by atoms with Crippen LogP contribution >= 0.6 is 11.8 Å². The second kappa shape index (κ2) is 7.61. The lowest BCUT2D eigenvalue weighted by molar-refractivity contribution is 0.384. The summed E-state index contributed by atoms with van der Waals surface area (Å²) in [7, 11) is 0. The van der Waals surface area contributed by atoms with E-state index >= 15 is 0 Å². The van der Waals surface area contributed by atoms with Gasteiger partial charge in [0.15, 0.2) is 11.0 Å². The molecule has 3 aromatic rings. The van der Waals surface area contributed by atoms with E-state index in [9.17, 15) is 4.79 Å². The summed E-state index contributed by atoms with van der Waals surface area (Å²) in [6.45, 7) is 4.65. The highest BCUT2D eigenvalue weighted by Gasteiger charge is 2.12. The molecule has 0 bridgehead atoms. The Morgan fingerprint density at radius 3 is 2.83 bits per heavy atom. The third-order valence-electron chi connectivity index (χ3n) is 3.73. The van der Waals surface area contributed by atoms with E-state index in [1.54, 1.807) is 4.57 Å². The van der Waals surface area contributed by atoms with E-state index in [-0.39, 0.29) is 5.56 Å². The molecule has 0 spiro atoms. The van der Waals surface area contributed by atoms with Crippen molar-refractivity contribution in [2.45, 2.75) is 50.6 Å². The highest BCUT2D eigenvalue weighted by atomic mass is 32.2. The van der Waals surface area contributed by atoms with Crippen molar-refractivity contribution in [3.05, 3.63) is 46.3 Å². The summed E-state index contributed by atoms with van der Waals surface area (Å²) in [5.74, 6) is 1.81. The van der Waals surface area contributed by atoms with Crippen LogP contribution in [0.2, 0.25) is 0 Å². The zero-order valence-electron chi connectivity index (χ0n) is 13.9. The van der Waals surface area contributed by atoms with Gasteiger partial charge in [-0.3, -0.25) is 9.36 Å². The fourth-order valence-corrected chi connectivity index (χ4v) is 3.35. The van der Waals surface area contributed by atoms with Crippen LogP contribution in [-0.4, -0.2) is 19.7 Å². The van der Waals surface area contributed by atoms with Crippen molar-refractivity contribution >= 4 is 22.7 Å². The molecule has 0 saturated heterocycles. The summed E-state index contributed by atoms with van der Waals surface area (Å²) in [4.78, 5) is 21.6. The largest absolute Gasteiger partial charge is 0.338 e. The monoisotopic (exact) mass is 344 g/mol. The smallest absolute Gasteiger partial charge is 0.262 e. The Balaban J connectivity index is 1.82. The maximum Gasteiger partial charge on any atom is 0.262 e. The minimum atomic E-state index is -0.0141. The average molecular weight is 344 g/mol. The van der Waals surface area contributed by atoms with E-state index in [2.05, 4.69) is 22.0 Å². The molecule has 0 unspecified atom stereocenters. The summed E-state index contributed by atoms with van der Waals surface area (Å²) < 4.78 is 6.96. The van der Waals surface area contributed by atoms with Crippen molar-refractivity contribution in [1.29, 1.82) is 0 Å². The fraction of sp³-hybridized carbons (Fsp3) is 0.412. The van der Waals surface area contributed by atoms with Gasteiger partial charge >= 0.3 is 0 Å². The number of aryl methyl sites for hydroxylation is 1. The quantitative estimate of drug-likeness (QED) is 0.483. The Hall–Kier alpha value is -2.15. The molecule has 126 valence electrons. The summed E-state index contributed by atoms with van der Waals surface area (Å²) in [5, 5.41) is 5.31. The number of fused-ring (bicyclic) bond motifs is 1. The summed E-state index contributed by atoms with van der Waals surface area (Å²) in [6.07, 6.45) is 2.98. The van der Waals surface area contributed by atoms with E-state index in [1.807, 2.05) is 31.2 Å². The van der Waals surface area contributed by atoms with Crippen LogP contribution in [0.3, 0.4) is 0 Å². The predicted molar refractivity (Wildman–Crippen MR) is 94.1 cm³/mol. The van der Waals surface area contributed by atoms with Crippen LogP contribution in [0.15, 0.2) is 38.7 Å². The van der Waals surface area contributed by atoms with E-state index in [4.69, 9.17) is 4.52 Å². The molecule has 0 fully saturated rings. The number of thioether (sulfide) groups is 1. The Bertz CT molecular complexity index is 888. The molecule has 0 amide bonds. The van der Waals surface area contributed by atoms with Gasteiger partial charge in [0.05, 0.1) is 16.7 Å². The lowest BCUT2D eigenvalue weighted by atomic mass is 10.2. The maximum absolute atomic E-state index is 12.6. The van der Waals surface area contributed by atoms with Gasteiger partial charge in [-0.2, -0.15) is 4.98 Å². The molecule has 0 aliphatic carbocycles. The summed E-state index contributed by atoms with van der Waals surface area (Å²) in [6, 6.07) is 7.41. The third kappa shape index (κ3) is 3.51. The number of rotatable bonds is 7. The minimum absolute atomic E-state index is 0.0141. The highest BCUT2D eigenvalue weighted by Crippen LogP contribution is 2.21. The van der Waals surface area contributed by atoms with Crippen molar-refractivity contribution in [3.63, 3.8) is 0 Å². The molecule has 0 aliphatic rings. The fourth-order valence-electron chi connectivity index (χ4n) is 2.45. The van der Waals surface area contributed by atoms with Gasteiger partial charge in [-0.25, -0.2) is 4.98 Å². The van der Waals surface area contributed by atoms with Crippen LogP contribution in [0.4, 0.5) is 0 Å². The number of hydrogen-bond donors (Lipinski definition) is 0. The predicted octanol–water partition coefficient (Wildman–Crippen LogP) is 3.43. The molecule has 24 heavy (non-hydrogen) atoms. The Labute approximate surface area is 144 Å². The number of nitrogens with zero attached hydrogens (tertiary/aromatic N) is 4. The zero-order chi connectivity index (χ0) is 16.9. The third-order valence-corrected chi connectivity index (χ3v) is 4.69. The van der Waals surface area contributed by atoms with Crippen LogP contribution in [0.25, 0.3) is 10.9 Å². The average Bonchev–Trinajstić information content (AvgIpc) is 3.06. The molecule has 2 aromatic heterocycles. The molecule has 0 radical (unpaired) electrons. The molecule has 7 heteroatoms. The molecule has 1 aromatic carbocycles. The van der Waals surface area contributed by atoms with Crippen molar-refractivity contribution in [2.75, 3.05) is 0 Å². The molecule has 0 N–H and O–H groups in total. The van der Waals surface area contributed by atoms with E-state index in [1.165, 1.54) is 11.8 Å². The second-order valence-electron chi connectivity index (χ2n) is 5.46. The van der Waals surface area contributed by atoms with Gasteiger partial charge in [0.25, 0.3) is 5.56 Å². The van der Waals surface area contributed by atoms with Gasteiger partial charge in [-0.15, -0.1) is 0 Å². The molecular formula is C17H20N4O2S. The first-order valence-electron chi connectivity index (χ1n) is 8.16. The second-order valence-corrected chi connectivity index (χ2v) is 6.40. The topological polar surface area (TPSA) is 73.8 Å². The lowest BCUT2D eigenvalue weighted by Crippen LogP contribution is -2.22. The van der Waals surface area contributed by atoms with Crippen LogP contribution < -0.4 is 5.56 Å². The Kier molecular flexibility index (Phi) is 5.30. The first-order chi connectivity index (χ1) is 11.7. The van der Waals surface area contributed by atoms with E-state index < -0.39 is 0 Å². The number of para-hydroxylation sites is 1. The minimum Gasteiger partial charge on any atom is -0.338 e. The SMILES string of the molecule is CCCCc1noc(CSc2nc3ccccc3c(=O)n2CC)n1. The van der Waals surface area contributed by atoms with Crippen LogP contribution in [0, 0.1) is 0 Å². The van der Waals surface area contributed by atoms with Crippen molar-refractivity contribution in [1.82, 2.24) is 19.7 Å². The molecule has 6 nitrogen and oxygen atoms in total. The van der Waals surface area contributed by atoms with Crippen molar-refractivity contribution in [3.8, 4) is 0 Å². The van der Waals surface area contributed by atoms with Gasteiger partial charge in [0, 0.05) is 13.0 Å². The van der Waals surface area contributed by atoms with E-state index in [0.717, 1.165) is 25.1 Å². The standard InChI is InChI=1S/C17H20N4O2S/c1-3-5-10-14-19-15(23-20-14)11-24-17-18-13-9-7-6-8-12(13)16(22)21(17)4-2/h6-9H,3-5,10-11H2,1-2H3. The summed E-state index contributed by atoms with van der Waals surface area (Å²) in [5.41, 5.74) is 0.698. The van der Waals surface area contributed by atoms with Crippen molar-refractivity contribution < 1.29 is 4.52 Å². The number of unbranched alkanes of at least 4 members (excludes halogenated alkanes) is 1. The van der Waals surface area contributed by atoms with Crippen LogP contribution in [0.1, 0.15) is 38.4 Å². The van der Waals surface area contributed by atoms with Gasteiger partial charge in [0.2, 0.25) is 5.89 Å². The Morgan fingerprint density at radius 2 is 2.04 bits per heavy atom.